The van der Waals surface area contributed by atoms with Gasteiger partial charge < -0.3 is 9.26 Å². The fourth-order valence-electron chi connectivity index (χ4n) is 1.31. The Labute approximate surface area is 93.0 Å². The number of nitrogens with zero attached hydrogens (tertiary/aromatic N) is 1. The van der Waals surface area contributed by atoms with E-state index in [2.05, 4.69) is 12.1 Å². The van der Waals surface area contributed by atoms with Crippen molar-refractivity contribution in [2.75, 3.05) is 6.61 Å². The average Bonchev–Trinajstić information content (AvgIpc) is 2.62. The number of fused-ring (bicyclic) bond motifs is 1. The summed E-state index contributed by atoms with van der Waals surface area (Å²) < 4.78 is 10.6. The van der Waals surface area contributed by atoms with E-state index in [4.69, 9.17) is 20.9 Å². The molecule has 0 spiro atoms. The van der Waals surface area contributed by atoms with Crippen molar-refractivity contribution in [2.24, 2.45) is 0 Å². The van der Waals surface area contributed by atoms with Gasteiger partial charge in [0.25, 0.3) is 5.88 Å². The zero-order chi connectivity index (χ0) is 10.7. The molecule has 0 radical (unpaired) electrons. The molecule has 0 amide bonds. The van der Waals surface area contributed by atoms with Gasteiger partial charge in [0.05, 0.1) is 12.0 Å². The Kier molecular flexibility index (Phi) is 3.11. The zero-order valence-corrected chi connectivity index (χ0v) is 9.25. The Morgan fingerprint density at radius 1 is 1.47 bits per heavy atom. The van der Waals surface area contributed by atoms with Crippen molar-refractivity contribution in [2.45, 2.75) is 19.8 Å². The summed E-state index contributed by atoms with van der Waals surface area (Å²) in [4.78, 5) is 0. The van der Waals surface area contributed by atoms with Crippen LogP contribution in [0.25, 0.3) is 11.0 Å². The fourth-order valence-corrected chi connectivity index (χ4v) is 1.48. The fraction of sp³-hybridized carbons (Fsp3) is 0.364. The minimum Gasteiger partial charge on any atom is -0.475 e. The molecule has 80 valence electrons. The first-order valence-electron chi connectivity index (χ1n) is 4.99. The lowest BCUT2D eigenvalue weighted by atomic mass is 10.2. The number of benzene rings is 1. The third kappa shape index (κ3) is 2.23. The van der Waals surface area contributed by atoms with E-state index in [-0.39, 0.29) is 0 Å². The van der Waals surface area contributed by atoms with E-state index >= 15 is 0 Å². The van der Waals surface area contributed by atoms with Gasteiger partial charge in [0.2, 0.25) is 0 Å². The number of hydrogen-bond acceptors (Lipinski definition) is 3. The molecular weight excluding hydrogens is 214 g/mol. The van der Waals surface area contributed by atoms with Gasteiger partial charge in [-0.3, -0.25) is 0 Å². The summed E-state index contributed by atoms with van der Waals surface area (Å²) in [6.45, 7) is 2.77. The standard InChI is InChI=1S/C11H12ClNO2/c1-2-3-6-14-11-9-7-8(12)4-5-10(9)15-13-11/h4-5,7H,2-3,6H2,1H3. The molecule has 0 N–H and O–H groups in total. The largest absolute Gasteiger partial charge is 0.475 e. The molecule has 1 aromatic carbocycles. The van der Waals surface area contributed by atoms with Gasteiger partial charge in [-0.15, -0.1) is 0 Å². The summed E-state index contributed by atoms with van der Waals surface area (Å²) in [5.41, 5.74) is 0.700. The predicted octanol–water partition coefficient (Wildman–Crippen LogP) is 3.66. The molecule has 0 aliphatic rings. The van der Waals surface area contributed by atoms with Gasteiger partial charge in [-0.05, 0) is 29.8 Å². The van der Waals surface area contributed by atoms with Gasteiger partial charge in [0.15, 0.2) is 5.58 Å². The molecule has 3 nitrogen and oxygen atoms in total. The number of ether oxygens (including phenoxy) is 1. The lowest BCUT2D eigenvalue weighted by molar-refractivity contribution is 0.279. The predicted molar refractivity (Wildman–Crippen MR) is 59.4 cm³/mol. The monoisotopic (exact) mass is 225 g/mol. The van der Waals surface area contributed by atoms with Crippen LogP contribution in [0.3, 0.4) is 0 Å². The molecule has 1 aromatic heterocycles. The smallest absolute Gasteiger partial charge is 0.262 e. The van der Waals surface area contributed by atoms with Gasteiger partial charge in [0, 0.05) is 5.02 Å². The van der Waals surface area contributed by atoms with E-state index in [1.165, 1.54) is 0 Å². The lowest BCUT2D eigenvalue weighted by Gasteiger charge is -2.00. The molecule has 0 atom stereocenters. The van der Waals surface area contributed by atoms with Crippen molar-refractivity contribution >= 4 is 22.6 Å². The maximum Gasteiger partial charge on any atom is 0.262 e. The average molecular weight is 226 g/mol. The Morgan fingerprint density at radius 2 is 2.33 bits per heavy atom. The second-order valence-corrected chi connectivity index (χ2v) is 3.77. The van der Waals surface area contributed by atoms with Crippen LogP contribution in [0.4, 0.5) is 0 Å². The van der Waals surface area contributed by atoms with Crippen LogP contribution in [0.1, 0.15) is 19.8 Å². The summed E-state index contributed by atoms with van der Waals surface area (Å²) in [7, 11) is 0. The molecule has 1 heterocycles. The Balaban J connectivity index is 2.23. The summed E-state index contributed by atoms with van der Waals surface area (Å²) in [6, 6.07) is 5.36. The zero-order valence-electron chi connectivity index (χ0n) is 8.50. The lowest BCUT2D eigenvalue weighted by Crippen LogP contribution is -1.96. The van der Waals surface area contributed by atoms with Crippen molar-refractivity contribution in [3.8, 4) is 5.88 Å². The van der Waals surface area contributed by atoms with Gasteiger partial charge in [-0.2, -0.15) is 0 Å². The third-order valence-corrected chi connectivity index (χ3v) is 2.37. The molecule has 0 saturated carbocycles. The van der Waals surface area contributed by atoms with Crippen LogP contribution < -0.4 is 4.74 Å². The molecular formula is C11H12ClNO2. The van der Waals surface area contributed by atoms with Gasteiger partial charge in [-0.1, -0.05) is 24.9 Å². The first-order valence-corrected chi connectivity index (χ1v) is 5.37. The van der Waals surface area contributed by atoms with Crippen LogP contribution in [0, 0.1) is 0 Å². The molecule has 2 aromatic rings. The highest BCUT2D eigenvalue weighted by Crippen LogP contribution is 2.27. The number of hydrogen-bond donors (Lipinski definition) is 0. The van der Waals surface area contributed by atoms with Crippen LogP contribution in [-0.2, 0) is 0 Å². The molecule has 15 heavy (non-hydrogen) atoms. The molecule has 4 heteroatoms. The molecule has 2 rings (SSSR count). The van der Waals surface area contributed by atoms with E-state index in [9.17, 15) is 0 Å². The first-order chi connectivity index (χ1) is 7.31. The molecule has 0 fully saturated rings. The minimum atomic E-state index is 0.529. The Hall–Kier alpha value is -1.22. The number of unbranched alkanes of at least 4 members (excludes halogenated alkanes) is 1. The Morgan fingerprint density at radius 3 is 3.13 bits per heavy atom. The van der Waals surface area contributed by atoms with Crippen LogP contribution in [0.5, 0.6) is 5.88 Å². The highest BCUT2D eigenvalue weighted by Gasteiger charge is 2.09. The topological polar surface area (TPSA) is 35.3 Å². The highest BCUT2D eigenvalue weighted by molar-refractivity contribution is 6.31. The van der Waals surface area contributed by atoms with E-state index in [0.29, 0.717) is 23.1 Å². The molecule has 0 bridgehead atoms. The van der Waals surface area contributed by atoms with Crippen LogP contribution in [0.15, 0.2) is 22.7 Å². The highest BCUT2D eigenvalue weighted by atomic mass is 35.5. The number of aromatic nitrogens is 1. The molecule has 0 unspecified atom stereocenters. The number of halogens is 1. The maximum atomic E-state index is 5.88. The normalized spacial score (nSPS) is 10.8. The quantitative estimate of drug-likeness (QED) is 0.745. The van der Waals surface area contributed by atoms with Crippen molar-refractivity contribution in [1.29, 1.82) is 0 Å². The van der Waals surface area contributed by atoms with Crippen LogP contribution in [-0.4, -0.2) is 11.8 Å². The summed E-state index contributed by atoms with van der Waals surface area (Å²) in [6.07, 6.45) is 2.10. The summed E-state index contributed by atoms with van der Waals surface area (Å²) >= 11 is 5.88. The maximum absolute atomic E-state index is 5.88. The van der Waals surface area contributed by atoms with Crippen molar-refractivity contribution in [3.63, 3.8) is 0 Å². The second-order valence-electron chi connectivity index (χ2n) is 3.33. The minimum absolute atomic E-state index is 0.529. The van der Waals surface area contributed by atoms with Crippen LogP contribution in [0.2, 0.25) is 5.02 Å². The molecule has 0 aliphatic carbocycles. The van der Waals surface area contributed by atoms with E-state index in [1.54, 1.807) is 18.2 Å². The van der Waals surface area contributed by atoms with Gasteiger partial charge in [0.1, 0.15) is 0 Å². The van der Waals surface area contributed by atoms with Gasteiger partial charge >= 0.3 is 0 Å². The van der Waals surface area contributed by atoms with E-state index in [1.807, 2.05) is 0 Å². The van der Waals surface area contributed by atoms with E-state index < -0.39 is 0 Å². The Bertz CT molecular complexity index is 453. The first kappa shape index (κ1) is 10.3. The summed E-state index contributed by atoms with van der Waals surface area (Å²) in [5, 5.41) is 5.34. The van der Waals surface area contributed by atoms with Crippen LogP contribution >= 0.6 is 11.6 Å². The molecule has 0 saturated heterocycles. The number of rotatable bonds is 4. The van der Waals surface area contributed by atoms with Crippen molar-refractivity contribution in [1.82, 2.24) is 5.16 Å². The second kappa shape index (κ2) is 4.53. The summed E-state index contributed by atoms with van der Waals surface area (Å²) in [5.74, 6) is 0.529. The van der Waals surface area contributed by atoms with Crippen molar-refractivity contribution < 1.29 is 9.26 Å². The van der Waals surface area contributed by atoms with Gasteiger partial charge in [-0.25, -0.2) is 0 Å². The third-order valence-electron chi connectivity index (χ3n) is 2.14. The van der Waals surface area contributed by atoms with E-state index in [0.717, 1.165) is 18.2 Å². The molecule has 0 aliphatic heterocycles. The van der Waals surface area contributed by atoms with Crippen molar-refractivity contribution in [3.05, 3.63) is 23.2 Å². The SMILES string of the molecule is CCCCOc1noc2ccc(Cl)cc12.